The second-order valence-electron chi connectivity index (χ2n) is 5.40. The van der Waals surface area contributed by atoms with Crippen LogP contribution in [0.15, 0.2) is 0 Å². The van der Waals surface area contributed by atoms with Gasteiger partial charge >= 0.3 is 0 Å². The molecule has 18 heavy (non-hydrogen) atoms. The van der Waals surface area contributed by atoms with Crippen molar-refractivity contribution in [3.63, 3.8) is 0 Å². The van der Waals surface area contributed by atoms with Crippen molar-refractivity contribution in [2.45, 2.75) is 46.6 Å². The van der Waals surface area contributed by atoms with Crippen molar-refractivity contribution in [1.82, 2.24) is 4.90 Å². The van der Waals surface area contributed by atoms with Gasteiger partial charge in [-0.2, -0.15) is 0 Å². The molecule has 0 aromatic carbocycles. The lowest BCUT2D eigenvalue weighted by Gasteiger charge is -2.21. The van der Waals surface area contributed by atoms with Gasteiger partial charge in [0.25, 0.3) is 0 Å². The molecular formula is C13H29N3O2. The zero-order valence-electron chi connectivity index (χ0n) is 12.6. The number of rotatable bonds is 5. The van der Waals surface area contributed by atoms with E-state index in [2.05, 4.69) is 20.8 Å². The highest BCUT2D eigenvalue weighted by Crippen LogP contribution is 1.99. The van der Waals surface area contributed by atoms with Gasteiger partial charge in [-0.15, -0.1) is 0 Å². The number of hydrogen-bond donors (Lipinski definition) is 2. The lowest BCUT2D eigenvalue weighted by atomic mass is 10.0. The third kappa shape index (κ3) is 10.2. The molecule has 0 aliphatic rings. The van der Waals surface area contributed by atoms with Gasteiger partial charge in [0.2, 0.25) is 5.91 Å². The fourth-order valence-corrected chi connectivity index (χ4v) is 0.663. The van der Waals surface area contributed by atoms with E-state index in [0.29, 0.717) is 0 Å². The fraction of sp³-hybridized carbons (Fsp3) is 0.846. The molecule has 4 N–H and O–H groups in total. The van der Waals surface area contributed by atoms with E-state index in [4.69, 9.17) is 11.5 Å². The van der Waals surface area contributed by atoms with E-state index >= 15 is 0 Å². The molecule has 0 heterocycles. The first-order valence-corrected chi connectivity index (χ1v) is 6.32. The van der Waals surface area contributed by atoms with Gasteiger partial charge in [0, 0.05) is 7.05 Å². The van der Waals surface area contributed by atoms with Gasteiger partial charge in [-0.25, -0.2) is 0 Å². The molecule has 0 spiro atoms. The molecule has 0 aromatic heterocycles. The summed E-state index contributed by atoms with van der Waals surface area (Å²) in [5, 5.41) is 0. The third-order valence-electron chi connectivity index (χ3n) is 2.52. The fourth-order valence-electron chi connectivity index (χ4n) is 0.663. The van der Waals surface area contributed by atoms with E-state index in [1.165, 1.54) is 18.4 Å². The van der Waals surface area contributed by atoms with Gasteiger partial charge in [0.05, 0.1) is 18.6 Å². The first-order chi connectivity index (χ1) is 8.06. The predicted octanol–water partition coefficient (Wildman–Crippen LogP) is 0.762. The van der Waals surface area contributed by atoms with Crippen molar-refractivity contribution in [3.8, 4) is 0 Å². The monoisotopic (exact) mass is 259 g/mol. The standard InChI is InChI=1S/C8H17N3O2.C5H12/c1-8(2,10)6(12)5-11(3)7(13)4-9;1-4-5(2)3/h4-5,9-10H2,1-3H3;5H,4H2,1-3H3. The Morgan fingerprint density at radius 1 is 1.28 bits per heavy atom. The van der Waals surface area contributed by atoms with Gasteiger partial charge in [-0.05, 0) is 19.8 Å². The van der Waals surface area contributed by atoms with Crippen molar-refractivity contribution in [3.05, 3.63) is 0 Å². The number of Topliss-reactive ketones (excluding diaryl/α,β-unsaturated/α-hetero) is 1. The zero-order chi connectivity index (χ0) is 14.9. The SMILES string of the molecule is CCC(C)C.CN(CC(=O)C(C)(C)N)C(=O)CN. The Labute approximate surface area is 111 Å². The highest BCUT2D eigenvalue weighted by Gasteiger charge is 2.23. The summed E-state index contributed by atoms with van der Waals surface area (Å²) in [5.41, 5.74) is 9.77. The summed E-state index contributed by atoms with van der Waals surface area (Å²) < 4.78 is 0. The largest absolute Gasteiger partial charge is 0.337 e. The molecule has 1 amide bonds. The molecular weight excluding hydrogens is 230 g/mol. The van der Waals surface area contributed by atoms with E-state index in [0.717, 1.165) is 5.92 Å². The first kappa shape index (κ1) is 19.4. The summed E-state index contributed by atoms with van der Waals surface area (Å²) in [7, 11) is 1.53. The second kappa shape index (κ2) is 9.05. The third-order valence-corrected chi connectivity index (χ3v) is 2.52. The molecule has 0 saturated carbocycles. The minimum absolute atomic E-state index is 0.0134. The minimum atomic E-state index is -0.900. The van der Waals surface area contributed by atoms with Crippen LogP contribution in [0.4, 0.5) is 0 Å². The average Bonchev–Trinajstić information content (AvgIpc) is 2.27. The Balaban J connectivity index is 0. The summed E-state index contributed by atoms with van der Waals surface area (Å²) in [5.74, 6) is 0.435. The van der Waals surface area contributed by atoms with Gasteiger partial charge in [0.15, 0.2) is 5.78 Å². The number of carbonyl (C=O) groups excluding carboxylic acids is 2. The molecule has 0 saturated heterocycles. The van der Waals surface area contributed by atoms with E-state index in [9.17, 15) is 9.59 Å². The van der Waals surface area contributed by atoms with Crippen LogP contribution in [0, 0.1) is 5.92 Å². The smallest absolute Gasteiger partial charge is 0.236 e. The van der Waals surface area contributed by atoms with E-state index in [1.807, 2.05) is 0 Å². The summed E-state index contributed by atoms with van der Waals surface area (Å²) in [6.45, 7) is 9.78. The quantitative estimate of drug-likeness (QED) is 0.763. The number of likely N-dealkylation sites (N-methyl/N-ethyl adjacent to an activating group) is 1. The molecule has 0 bridgehead atoms. The summed E-state index contributed by atoms with van der Waals surface area (Å²) in [4.78, 5) is 23.6. The van der Waals surface area contributed by atoms with E-state index in [-0.39, 0.29) is 24.8 Å². The topological polar surface area (TPSA) is 89.4 Å². The normalized spacial score (nSPS) is 10.7. The second-order valence-corrected chi connectivity index (χ2v) is 5.40. The summed E-state index contributed by atoms with van der Waals surface area (Å²) >= 11 is 0. The summed E-state index contributed by atoms with van der Waals surface area (Å²) in [6.07, 6.45) is 1.31. The van der Waals surface area contributed by atoms with Gasteiger partial charge < -0.3 is 16.4 Å². The molecule has 0 fully saturated rings. The summed E-state index contributed by atoms with van der Waals surface area (Å²) in [6, 6.07) is 0. The van der Waals surface area contributed by atoms with Crippen LogP contribution in [0.1, 0.15) is 41.0 Å². The molecule has 108 valence electrons. The Bertz CT molecular complexity index is 257. The Hall–Kier alpha value is -0.940. The number of nitrogens with zero attached hydrogens (tertiary/aromatic N) is 1. The lowest BCUT2D eigenvalue weighted by Crippen LogP contribution is -2.48. The molecule has 0 rings (SSSR count). The Kier molecular flexibility index (Phi) is 9.76. The van der Waals surface area contributed by atoms with Crippen LogP contribution in [-0.2, 0) is 9.59 Å². The molecule has 5 heteroatoms. The maximum atomic E-state index is 11.3. The minimum Gasteiger partial charge on any atom is -0.337 e. The molecule has 0 radical (unpaired) electrons. The average molecular weight is 259 g/mol. The number of amides is 1. The molecule has 0 unspecified atom stereocenters. The first-order valence-electron chi connectivity index (χ1n) is 6.32. The zero-order valence-corrected chi connectivity index (χ0v) is 12.6. The van der Waals surface area contributed by atoms with Crippen LogP contribution < -0.4 is 11.5 Å². The van der Waals surface area contributed by atoms with Crippen molar-refractivity contribution in [2.24, 2.45) is 17.4 Å². The maximum Gasteiger partial charge on any atom is 0.236 e. The number of carbonyl (C=O) groups is 2. The van der Waals surface area contributed by atoms with Crippen molar-refractivity contribution < 1.29 is 9.59 Å². The van der Waals surface area contributed by atoms with Crippen LogP contribution in [0.2, 0.25) is 0 Å². The molecule has 0 atom stereocenters. The maximum absolute atomic E-state index is 11.3. The van der Waals surface area contributed by atoms with Crippen LogP contribution in [0.5, 0.6) is 0 Å². The Morgan fingerprint density at radius 3 is 1.89 bits per heavy atom. The van der Waals surface area contributed by atoms with E-state index in [1.54, 1.807) is 13.8 Å². The number of nitrogens with two attached hydrogens (primary N) is 2. The molecule has 0 aliphatic carbocycles. The van der Waals surface area contributed by atoms with Crippen molar-refractivity contribution in [2.75, 3.05) is 20.1 Å². The van der Waals surface area contributed by atoms with Gasteiger partial charge in [-0.3, -0.25) is 9.59 Å². The predicted molar refractivity (Wildman–Crippen MR) is 75.1 cm³/mol. The van der Waals surface area contributed by atoms with Crippen LogP contribution in [0.3, 0.4) is 0 Å². The van der Waals surface area contributed by atoms with Crippen LogP contribution in [-0.4, -0.2) is 42.3 Å². The molecule has 0 aliphatic heterocycles. The van der Waals surface area contributed by atoms with Crippen molar-refractivity contribution >= 4 is 11.7 Å². The highest BCUT2D eigenvalue weighted by molar-refractivity contribution is 5.92. The van der Waals surface area contributed by atoms with Gasteiger partial charge in [-0.1, -0.05) is 27.2 Å². The lowest BCUT2D eigenvalue weighted by molar-refractivity contribution is -0.134. The molecule has 0 aromatic rings. The molecule has 5 nitrogen and oxygen atoms in total. The number of ketones is 1. The van der Waals surface area contributed by atoms with Gasteiger partial charge in [0.1, 0.15) is 0 Å². The highest BCUT2D eigenvalue weighted by atomic mass is 16.2. The Morgan fingerprint density at radius 2 is 1.67 bits per heavy atom. The van der Waals surface area contributed by atoms with E-state index < -0.39 is 5.54 Å². The van der Waals surface area contributed by atoms with Crippen LogP contribution in [0.25, 0.3) is 0 Å². The number of hydrogen-bond acceptors (Lipinski definition) is 4. The van der Waals surface area contributed by atoms with Crippen LogP contribution >= 0.6 is 0 Å². The van der Waals surface area contributed by atoms with Crippen molar-refractivity contribution in [1.29, 1.82) is 0 Å².